The van der Waals surface area contributed by atoms with Gasteiger partial charge in [-0.25, -0.2) is 4.98 Å². The van der Waals surface area contributed by atoms with E-state index in [1.54, 1.807) is 7.11 Å². The van der Waals surface area contributed by atoms with Gasteiger partial charge in [-0.3, -0.25) is 9.69 Å². The monoisotopic (exact) mass is 406 g/mol. The predicted octanol–water partition coefficient (Wildman–Crippen LogP) is 2.81. The summed E-state index contributed by atoms with van der Waals surface area (Å²) < 4.78 is 5.84. The molecule has 6 heteroatoms. The van der Waals surface area contributed by atoms with Crippen LogP contribution in [0.25, 0.3) is 0 Å². The number of carbonyl (C=O) groups is 1. The Bertz CT molecular complexity index is 890. The van der Waals surface area contributed by atoms with E-state index in [0.717, 1.165) is 50.4 Å². The number of benzene rings is 1. The number of hydrogen-bond donors (Lipinski definition) is 1. The van der Waals surface area contributed by atoms with E-state index in [1.807, 2.05) is 35.4 Å². The Morgan fingerprint density at radius 1 is 1.13 bits per heavy atom. The summed E-state index contributed by atoms with van der Waals surface area (Å²) in [6.45, 7) is 3.29. The van der Waals surface area contributed by atoms with E-state index in [-0.39, 0.29) is 18.1 Å². The molecule has 2 fully saturated rings. The summed E-state index contributed by atoms with van der Waals surface area (Å²) in [6.07, 6.45) is 5.04. The fourth-order valence-electron chi connectivity index (χ4n) is 5.56. The molecule has 1 amide bonds. The van der Waals surface area contributed by atoms with Crippen LogP contribution in [-0.4, -0.2) is 61.2 Å². The fourth-order valence-corrected chi connectivity index (χ4v) is 5.56. The molecule has 0 unspecified atom stereocenters. The summed E-state index contributed by atoms with van der Waals surface area (Å²) in [5.74, 6) is 2.32. The number of fused-ring (bicyclic) bond motifs is 2. The van der Waals surface area contributed by atoms with E-state index in [4.69, 9.17) is 4.74 Å². The molecule has 3 heterocycles. The number of amides is 1. The van der Waals surface area contributed by atoms with Gasteiger partial charge in [-0.05, 0) is 54.9 Å². The lowest BCUT2D eigenvalue weighted by Crippen LogP contribution is -2.44. The first-order valence-corrected chi connectivity index (χ1v) is 11.0. The zero-order valence-electron chi connectivity index (χ0n) is 17.5. The summed E-state index contributed by atoms with van der Waals surface area (Å²) in [5, 5.41) is 3.58. The summed E-state index contributed by atoms with van der Waals surface area (Å²) in [7, 11) is 1.80. The van der Waals surface area contributed by atoms with Gasteiger partial charge in [-0.1, -0.05) is 24.3 Å². The van der Waals surface area contributed by atoms with Gasteiger partial charge in [0.05, 0.1) is 18.7 Å². The first-order chi connectivity index (χ1) is 14.7. The lowest BCUT2D eigenvalue weighted by molar-refractivity contribution is -0.119. The third-order valence-corrected chi connectivity index (χ3v) is 7.04. The molecule has 5 rings (SSSR count). The molecule has 4 atom stereocenters. The molecular weight excluding hydrogens is 376 g/mol. The lowest BCUT2D eigenvalue weighted by atomic mass is 9.77. The van der Waals surface area contributed by atoms with Gasteiger partial charge in [0.25, 0.3) is 0 Å². The SMILES string of the molecule is CO[C@@H]1C[C@H]2CN(CC(=O)N3CCc4ccccc43)C[C@H]2C[C@H]1Nc1ccccn1. The predicted molar refractivity (Wildman–Crippen MR) is 118 cm³/mol. The van der Waals surface area contributed by atoms with Crippen molar-refractivity contribution in [3.63, 3.8) is 0 Å². The van der Waals surface area contributed by atoms with Gasteiger partial charge < -0.3 is 15.0 Å². The van der Waals surface area contributed by atoms with Crippen LogP contribution in [0, 0.1) is 11.8 Å². The Kier molecular flexibility index (Phi) is 5.44. The summed E-state index contributed by atoms with van der Waals surface area (Å²) in [6, 6.07) is 14.5. The van der Waals surface area contributed by atoms with Crippen LogP contribution in [0.15, 0.2) is 48.7 Å². The zero-order chi connectivity index (χ0) is 20.5. The molecule has 1 saturated heterocycles. The van der Waals surface area contributed by atoms with Crippen molar-refractivity contribution >= 4 is 17.4 Å². The molecule has 6 nitrogen and oxygen atoms in total. The smallest absolute Gasteiger partial charge is 0.241 e. The highest BCUT2D eigenvalue weighted by Crippen LogP contribution is 2.38. The van der Waals surface area contributed by atoms with Crippen LogP contribution in [0.4, 0.5) is 11.5 Å². The minimum atomic E-state index is 0.175. The van der Waals surface area contributed by atoms with Crippen LogP contribution in [-0.2, 0) is 16.0 Å². The second-order valence-electron chi connectivity index (χ2n) is 8.85. The highest BCUT2D eigenvalue weighted by Gasteiger charge is 2.43. The first-order valence-electron chi connectivity index (χ1n) is 11.0. The van der Waals surface area contributed by atoms with Gasteiger partial charge in [0, 0.05) is 38.6 Å². The third-order valence-electron chi connectivity index (χ3n) is 7.04. The number of hydrogen-bond acceptors (Lipinski definition) is 5. The third kappa shape index (κ3) is 3.82. The topological polar surface area (TPSA) is 57.7 Å². The number of aromatic nitrogens is 1. The maximum atomic E-state index is 13.0. The Morgan fingerprint density at radius 3 is 2.73 bits per heavy atom. The number of para-hydroxylation sites is 1. The number of carbonyl (C=O) groups excluding carboxylic acids is 1. The fraction of sp³-hybridized carbons (Fsp3) is 0.500. The van der Waals surface area contributed by atoms with Gasteiger partial charge in [-0.2, -0.15) is 0 Å². The first kappa shape index (κ1) is 19.5. The second kappa shape index (κ2) is 8.36. The van der Waals surface area contributed by atoms with Crippen molar-refractivity contribution in [2.75, 3.05) is 43.5 Å². The average Bonchev–Trinajstić information content (AvgIpc) is 3.37. The molecule has 2 aliphatic heterocycles. The Morgan fingerprint density at radius 2 is 1.93 bits per heavy atom. The quantitative estimate of drug-likeness (QED) is 0.828. The van der Waals surface area contributed by atoms with E-state index in [2.05, 4.69) is 33.4 Å². The summed E-state index contributed by atoms with van der Waals surface area (Å²) in [4.78, 5) is 21.8. The largest absolute Gasteiger partial charge is 0.379 e. The number of ether oxygens (including phenoxy) is 1. The van der Waals surface area contributed by atoms with Crippen molar-refractivity contribution in [3.05, 3.63) is 54.2 Å². The van der Waals surface area contributed by atoms with Crippen molar-refractivity contribution in [3.8, 4) is 0 Å². The molecule has 2 aromatic rings. The van der Waals surface area contributed by atoms with Crippen molar-refractivity contribution in [1.29, 1.82) is 0 Å². The van der Waals surface area contributed by atoms with Crippen LogP contribution in [0.1, 0.15) is 18.4 Å². The van der Waals surface area contributed by atoms with Gasteiger partial charge >= 0.3 is 0 Å². The van der Waals surface area contributed by atoms with Crippen molar-refractivity contribution in [1.82, 2.24) is 9.88 Å². The molecule has 158 valence electrons. The Labute approximate surface area is 178 Å². The highest BCUT2D eigenvalue weighted by molar-refractivity contribution is 5.96. The van der Waals surface area contributed by atoms with Gasteiger partial charge in [-0.15, -0.1) is 0 Å². The minimum Gasteiger partial charge on any atom is -0.379 e. The van der Waals surface area contributed by atoms with Gasteiger partial charge in [0.15, 0.2) is 0 Å². The van der Waals surface area contributed by atoms with Gasteiger partial charge in [0.2, 0.25) is 5.91 Å². The highest BCUT2D eigenvalue weighted by atomic mass is 16.5. The molecule has 1 aliphatic carbocycles. The summed E-state index contributed by atoms with van der Waals surface area (Å²) in [5.41, 5.74) is 2.38. The van der Waals surface area contributed by atoms with E-state index in [0.29, 0.717) is 18.4 Å². The number of methoxy groups -OCH3 is 1. The molecule has 30 heavy (non-hydrogen) atoms. The Hall–Kier alpha value is -2.44. The number of pyridine rings is 1. The maximum Gasteiger partial charge on any atom is 0.241 e. The molecule has 3 aliphatic rings. The van der Waals surface area contributed by atoms with Gasteiger partial charge in [0.1, 0.15) is 5.82 Å². The molecule has 1 saturated carbocycles. The summed E-state index contributed by atoms with van der Waals surface area (Å²) >= 11 is 0. The normalized spacial score (nSPS) is 28.2. The molecule has 1 aromatic heterocycles. The zero-order valence-corrected chi connectivity index (χ0v) is 17.5. The molecule has 1 N–H and O–H groups in total. The number of nitrogens with zero attached hydrogens (tertiary/aromatic N) is 3. The molecule has 0 bridgehead atoms. The van der Waals surface area contributed by atoms with Crippen molar-refractivity contribution < 1.29 is 9.53 Å². The lowest BCUT2D eigenvalue weighted by Gasteiger charge is -2.37. The molecule has 1 aromatic carbocycles. The maximum absolute atomic E-state index is 13.0. The number of likely N-dealkylation sites (tertiary alicyclic amines) is 1. The van der Waals surface area contributed by atoms with E-state index < -0.39 is 0 Å². The number of rotatable bonds is 5. The van der Waals surface area contributed by atoms with Crippen LogP contribution < -0.4 is 10.2 Å². The standard InChI is InChI=1S/C24H30N4O2/c1-30-22-13-19-15-27(14-18(19)12-20(22)26-23-8-4-5-10-25-23)16-24(29)28-11-9-17-6-2-3-7-21(17)28/h2-8,10,18-20,22H,9,11-16H2,1H3,(H,25,26)/t18-,19+,20-,22-/m1/s1. The Balaban J connectivity index is 1.21. The molecule has 0 spiro atoms. The van der Waals surface area contributed by atoms with Crippen LogP contribution >= 0.6 is 0 Å². The minimum absolute atomic E-state index is 0.175. The molecule has 0 radical (unpaired) electrons. The average molecular weight is 407 g/mol. The van der Waals surface area contributed by atoms with Crippen LogP contribution in [0.2, 0.25) is 0 Å². The van der Waals surface area contributed by atoms with Crippen molar-refractivity contribution in [2.24, 2.45) is 11.8 Å². The molecular formula is C24H30N4O2. The van der Waals surface area contributed by atoms with E-state index in [9.17, 15) is 4.79 Å². The van der Waals surface area contributed by atoms with E-state index >= 15 is 0 Å². The second-order valence-corrected chi connectivity index (χ2v) is 8.85. The number of nitrogens with one attached hydrogen (secondary N) is 1. The van der Waals surface area contributed by atoms with Crippen molar-refractivity contribution in [2.45, 2.75) is 31.4 Å². The van der Waals surface area contributed by atoms with E-state index in [1.165, 1.54) is 5.56 Å². The van der Waals surface area contributed by atoms with Crippen LogP contribution in [0.3, 0.4) is 0 Å². The number of anilines is 2. The van der Waals surface area contributed by atoms with Crippen LogP contribution in [0.5, 0.6) is 0 Å².